The lowest BCUT2D eigenvalue weighted by atomic mass is 9.86. The van der Waals surface area contributed by atoms with Crippen molar-refractivity contribution < 1.29 is 9.59 Å². The average molecular weight is 459 g/mol. The number of carbonyl (C=O) groups is 2. The summed E-state index contributed by atoms with van der Waals surface area (Å²) < 4.78 is 0.983. The molecule has 1 atom stereocenters. The number of nitrogens with one attached hydrogen (secondary N) is 1. The van der Waals surface area contributed by atoms with Crippen LogP contribution in [0.5, 0.6) is 0 Å². The maximum Gasteiger partial charge on any atom is 0.242 e. The van der Waals surface area contributed by atoms with Gasteiger partial charge in [-0.2, -0.15) is 0 Å². The third-order valence-electron chi connectivity index (χ3n) is 5.13. The minimum Gasteiger partial charge on any atom is -0.357 e. The van der Waals surface area contributed by atoms with Crippen molar-refractivity contribution in [1.82, 2.24) is 10.2 Å². The van der Waals surface area contributed by atoms with Gasteiger partial charge in [0, 0.05) is 24.5 Å². The number of hydrogen-bond donors (Lipinski definition) is 1. The van der Waals surface area contributed by atoms with E-state index >= 15 is 0 Å². The van der Waals surface area contributed by atoms with Crippen molar-refractivity contribution >= 4 is 27.7 Å². The fourth-order valence-corrected chi connectivity index (χ4v) is 3.41. The number of carbonyl (C=O) groups excluding carboxylic acids is 2. The summed E-state index contributed by atoms with van der Waals surface area (Å²) in [6.07, 6.45) is 1.02. The predicted molar refractivity (Wildman–Crippen MR) is 122 cm³/mol. The number of halogens is 1. The molecular weight excluding hydrogens is 428 g/mol. The molecule has 2 aromatic carbocycles. The van der Waals surface area contributed by atoms with Gasteiger partial charge in [-0.1, -0.05) is 73.1 Å². The normalized spacial score (nSPS) is 12.3. The van der Waals surface area contributed by atoms with Crippen molar-refractivity contribution in [2.24, 2.45) is 0 Å². The summed E-state index contributed by atoms with van der Waals surface area (Å²) in [5.41, 5.74) is 3.51. The van der Waals surface area contributed by atoms with Gasteiger partial charge in [-0.3, -0.25) is 9.59 Å². The SMILES string of the molecule is CNC(=O)[C@H](C)N(Cc1ccc(Br)cc1)C(=O)CCc1ccc(C(C)(C)C)cc1. The quantitative estimate of drug-likeness (QED) is 0.644. The highest BCUT2D eigenvalue weighted by Gasteiger charge is 2.25. The van der Waals surface area contributed by atoms with E-state index in [0.29, 0.717) is 19.4 Å². The van der Waals surface area contributed by atoms with Gasteiger partial charge in [0.05, 0.1) is 0 Å². The molecule has 0 aliphatic heterocycles. The molecule has 29 heavy (non-hydrogen) atoms. The van der Waals surface area contributed by atoms with Crippen LogP contribution in [0.15, 0.2) is 53.0 Å². The molecular formula is C24H31BrN2O2. The number of hydrogen-bond acceptors (Lipinski definition) is 2. The van der Waals surface area contributed by atoms with Crippen LogP contribution in [-0.4, -0.2) is 29.8 Å². The molecule has 1 N–H and O–H groups in total. The molecule has 156 valence electrons. The molecule has 2 rings (SSSR count). The maximum atomic E-state index is 13.0. The van der Waals surface area contributed by atoms with Crippen LogP contribution in [0.4, 0.5) is 0 Å². The van der Waals surface area contributed by atoms with E-state index in [1.807, 2.05) is 24.3 Å². The molecule has 5 heteroatoms. The number of rotatable bonds is 7. The minimum absolute atomic E-state index is 0.0242. The summed E-state index contributed by atoms with van der Waals surface area (Å²) in [5, 5.41) is 2.65. The highest BCUT2D eigenvalue weighted by atomic mass is 79.9. The molecule has 2 amide bonds. The summed E-state index contributed by atoms with van der Waals surface area (Å²) in [6.45, 7) is 8.74. The van der Waals surface area contributed by atoms with Gasteiger partial charge in [-0.05, 0) is 47.6 Å². The summed E-state index contributed by atoms with van der Waals surface area (Å²) >= 11 is 3.43. The lowest BCUT2D eigenvalue weighted by Gasteiger charge is -2.28. The zero-order valence-corrected chi connectivity index (χ0v) is 19.5. The largest absolute Gasteiger partial charge is 0.357 e. The van der Waals surface area contributed by atoms with Crippen molar-refractivity contribution in [1.29, 1.82) is 0 Å². The Bertz CT molecular complexity index is 823. The smallest absolute Gasteiger partial charge is 0.242 e. The zero-order chi connectivity index (χ0) is 21.6. The lowest BCUT2D eigenvalue weighted by molar-refractivity contribution is -0.140. The lowest BCUT2D eigenvalue weighted by Crippen LogP contribution is -2.46. The van der Waals surface area contributed by atoms with Gasteiger partial charge in [-0.15, -0.1) is 0 Å². The molecule has 0 bridgehead atoms. The van der Waals surface area contributed by atoms with Crippen molar-refractivity contribution in [3.8, 4) is 0 Å². The number of likely N-dealkylation sites (N-methyl/N-ethyl adjacent to an activating group) is 1. The number of nitrogens with zero attached hydrogens (tertiary/aromatic N) is 1. The summed E-state index contributed by atoms with van der Waals surface area (Å²) in [6, 6.07) is 15.7. The van der Waals surface area contributed by atoms with E-state index in [1.54, 1.807) is 18.9 Å². The monoisotopic (exact) mass is 458 g/mol. The number of amides is 2. The molecule has 0 spiro atoms. The summed E-state index contributed by atoms with van der Waals surface area (Å²) in [4.78, 5) is 26.9. The van der Waals surface area contributed by atoms with Crippen LogP contribution < -0.4 is 5.32 Å². The molecule has 0 aliphatic rings. The first kappa shape index (κ1) is 23.1. The fourth-order valence-electron chi connectivity index (χ4n) is 3.14. The second-order valence-corrected chi connectivity index (χ2v) is 9.30. The minimum atomic E-state index is -0.528. The predicted octanol–water partition coefficient (Wildman–Crippen LogP) is 4.84. The molecule has 0 fully saturated rings. The number of benzene rings is 2. The Labute approximate surface area is 182 Å². The highest BCUT2D eigenvalue weighted by Crippen LogP contribution is 2.23. The van der Waals surface area contributed by atoms with Crippen LogP contribution in [-0.2, 0) is 28.0 Å². The number of aryl methyl sites for hydroxylation is 1. The summed E-state index contributed by atoms with van der Waals surface area (Å²) in [5.74, 6) is -0.186. The molecule has 0 saturated heterocycles. The van der Waals surface area contributed by atoms with Crippen LogP contribution in [0.3, 0.4) is 0 Å². The van der Waals surface area contributed by atoms with E-state index in [2.05, 4.69) is 66.3 Å². The first-order valence-corrected chi connectivity index (χ1v) is 10.8. The first-order valence-electron chi connectivity index (χ1n) is 9.96. The third kappa shape index (κ3) is 6.70. The molecule has 0 saturated carbocycles. The molecule has 4 nitrogen and oxygen atoms in total. The first-order chi connectivity index (χ1) is 13.6. The van der Waals surface area contributed by atoms with Gasteiger partial charge in [0.1, 0.15) is 6.04 Å². The van der Waals surface area contributed by atoms with Crippen LogP contribution in [0.1, 0.15) is 50.8 Å². The molecule has 0 unspecified atom stereocenters. The van der Waals surface area contributed by atoms with E-state index in [4.69, 9.17) is 0 Å². The van der Waals surface area contributed by atoms with Crippen LogP contribution in [0.2, 0.25) is 0 Å². The van der Waals surface area contributed by atoms with E-state index in [-0.39, 0.29) is 17.2 Å². The Balaban J connectivity index is 2.10. The molecule has 0 aliphatic carbocycles. The van der Waals surface area contributed by atoms with Gasteiger partial charge in [0.15, 0.2) is 0 Å². The third-order valence-corrected chi connectivity index (χ3v) is 5.66. The van der Waals surface area contributed by atoms with Crippen LogP contribution in [0, 0.1) is 0 Å². The Morgan fingerprint density at radius 3 is 2.07 bits per heavy atom. The highest BCUT2D eigenvalue weighted by molar-refractivity contribution is 9.10. The van der Waals surface area contributed by atoms with Crippen LogP contribution >= 0.6 is 15.9 Å². The topological polar surface area (TPSA) is 49.4 Å². The van der Waals surface area contributed by atoms with Gasteiger partial charge >= 0.3 is 0 Å². The zero-order valence-electron chi connectivity index (χ0n) is 18.0. The van der Waals surface area contributed by atoms with Crippen LogP contribution in [0.25, 0.3) is 0 Å². The van der Waals surface area contributed by atoms with Crippen molar-refractivity contribution in [3.63, 3.8) is 0 Å². The second kappa shape index (κ2) is 10.1. The average Bonchev–Trinajstić information content (AvgIpc) is 2.70. The Kier molecular flexibility index (Phi) is 8.03. The van der Waals surface area contributed by atoms with E-state index < -0.39 is 6.04 Å². The van der Waals surface area contributed by atoms with E-state index in [0.717, 1.165) is 15.6 Å². The molecule has 2 aromatic rings. The standard InChI is InChI=1S/C24H31BrN2O2/c1-17(23(29)26-5)27(16-19-8-13-21(25)14-9-19)22(28)15-10-18-6-11-20(12-7-18)24(2,3)4/h6-9,11-14,17H,10,15-16H2,1-5H3,(H,26,29)/t17-/m0/s1. The summed E-state index contributed by atoms with van der Waals surface area (Å²) in [7, 11) is 1.60. The Hall–Kier alpha value is -2.14. The van der Waals surface area contributed by atoms with E-state index in [1.165, 1.54) is 5.56 Å². The molecule has 0 heterocycles. The second-order valence-electron chi connectivity index (χ2n) is 8.39. The van der Waals surface area contributed by atoms with Gasteiger partial charge < -0.3 is 10.2 Å². The van der Waals surface area contributed by atoms with Gasteiger partial charge in [-0.25, -0.2) is 0 Å². The van der Waals surface area contributed by atoms with E-state index in [9.17, 15) is 9.59 Å². The van der Waals surface area contributed by atoms with Crippen molar-refractivity contribution in [2.45, 2.75) is 58.5 Å². The molecule has 0 radical (unpaired) electrons. The molecule has 0 aromatic heterocycles. The fraction of sp³-hybridized carbons (Fsp3) is 0.417. The Morgan fingerprint density at radius 1 is 1.00 bits per heavy atom. The maximum absolute atomic E-state index is 13.0. The van der Waals surface area contributed by atoms with Gasteiger partial charge in [0.25, 0.3) is 0 Å². The Morgan fingerprint density at radius 2 is 1.55 bits per heavy atom. The van der Waals surface area contributed by atoms with Crippen molar-refractivity contribution in [2.75, 3.05) is 7.05 Å². The van der Waals surface area contributed by atoms with Gasteiger partial charge in [0.2, 0.25) is 11.8 Å². The van der Waals surface area contributed by atoms with Crippen molar-refractivity contribution in [3.05, 3.63) is 69.7 Å².